The summed E-state index contributed by atoms with van der Waals surface area (Å²) < 4.78 is 10.9. The number of carboxylic acid groups (broad SMARTS) is 4. The van der Waals surface area contributed by atoms with Crippen LogP contribution in [0.2, 0.25) is 0 Å². The molecule has 4 unspecified atom stereocenters. The summed E-state index contributed by atoms with van der Waals surface area (Å²) in [6, 6.07) is 0. The van der Waals surface area contributed by atoms with Crippen LogP contribution in [0.1, 0.15) is 26.7 Å². The van der Waals surface area contributed by atoms with Crippen molar-refractivity contribution in [2.24, 2.45) is 0 Å². The molecular formula is C24H44N2O16. The smallest absolute Gasteiger partial charge is 0.307 e. The minimum atomic E-state index is -2.50. The molecule has 0 aromatic carbocycles. The largest absolute Gasteiger partial charge is 0.547 e. The number of rotatable bonds is 15. The van der Waals surface area contributed by atoms with Crippen LogP contribution in [0.4, 0.5) is 0 Å². The van der Waals surface area contributed by atoms with Crippen molar-refractivity contribution in [2.45, 2.75) is 63.3 Å². The summed E-state index contributed by atoms with van der Waals surface area (Å²) in [7, 11) is 11.5. The van der Waals surface area contributed by atoms with Gasteiger partial charge in [0.05, 0.1) is 67.1 Å². The fourth-order valence-electron chi connectivity index (χ4n) is 3.02. The first-order valence-corrected chi connectivity index (χ1v) is 12.2. The number of quaternary nitrogens is 2. The van der Waals surface area contributed by atoms with Crippen molar-refractivity contribution in [1.82, 2.24) is 0 Å². The Morgan fingerprint density at radius 3 is 0.976 bits per heavy atom. The van der Waals surface area contributed by atoms with Crippen LogP contribution in [0.15, 0.2) is 0 Å². The molecule has 0 fully saturated rings. The second-order valence-corrected chi connectivity index (χ2v) is 11.1. The lowest BCUT2D eigenvalue weighted by atomic mass is 10.0. The van der Waals surface area contributed by atoms with E-state index in [1.807, 2.05) is 42.3 Å². The predicted molar refractivity (Wildman–Crippen MR) is 135 cm³/mol. The van der Waals surface area contributed by atoms with Crippen molar-refractivity contribution in [2.75, 3.05) is 55.4 Å². The number of likely N-dealkylation sites (N-methyl/N-ethyl adjacent to an activating group) is 2. The quantitative estimate of drug-likeness (QED) is 0.0737. The molecule has 0 aliphatic heterocycles. The van der Waals surface area contributed by atoms with Gasteiger partial charge in [0.25, 0.3) is 0 Å². The van der Waals surface area contributed by atoms with Crippen LogP contribution in [0.25, 0.3) is 0 Å². The normalized spacial score (nSPS) is 15.4. The molecule has 0 aliphatic rings. The Balaban J connectivity index is -0.000000543. The van der Waals surface area contributed by atoms with E-state index in [1.165, 1.54) is 13.8 Å². The molecular weight excluding hydrogens is 572 g/mol. The van der Waals surface area contributed by atoms with E-state index in [4.69, 9.17) is 40.1 Å². The molecule has 0 saturated carbocycles. The molecule has 0 amide bonds. The van der Waals surface area contributed by atoms with Gasteiger partial charge in [-0.25, -0.2) is 0 Å². The molecule has 6 atom stereocenters. The van der Waals surface area contributed by atoms with Crippen LogP contribution in [0.5, 0.6) is 0 Å². The number of aliphatic hydroxyl groups excluding tert-OH is 4. The lowest BCUT2D eigenvalue weighted by molar-refractivity contribution is -0.873. The Hall–Kier alpha value is -3.42. The van der Waals surface area contributed by atoms with E-state index in [0.29, 0.717) is 22.1 Å². The number of nitrogens with zero attached hydrogens (tertiary/aromatic N) is 2. The summed E-state index contributed by atoms with van der Waals surface area (Å²) in [6.07, 6.45) is -11.2. The van der Waals surface area contributed by atoms with Crippen molar-refractivity contribution in [1.29, 1.82) is 0 Å². The van der Waals surface area contributed by atoms with E-state index in [9.17, 15) is 39.0 Å². The van der Waals surface area contributed by atoms with Crippen molar-refractivity contribution >= 4 is 35.8 Å². The first-order chi connectivity index (χ1) is 18.7. The number of aliphatic carboxylic acids is 4. The second-order valence-electron chi connectivity index (χ2n) is 11.1. The average Bonchev–Trinajstić information content (AvgIpc) is 2.73. The summed E-state index contributed by atoms with van der Waals surface area (Å²) in [4.78, 5) is 62.3. The van der Waals surface area contributed by atoms with Gasteiger partial charge in [0.2, 0.25) is 0 Å². The molecule has 0 spiro atoms. The van der Waals surface area contributed by atoms with Crippen LogP contribution in [-0.2, 0) is 38.2 Å². The molecule has 246 valence electrons. The molecule has 0 aromatic rings. The van der Waals surface area contributed by atoms with Crippen molar-refractivity contribution in [3.63, 3.8) is 0 Å². The zero-order valence-corrected chi connectivity index (χ0v) is 25.0. The van der Waals surface area contributed by atoms with Crippen molar-refractivity contribution in [3.05, 3.63) is 0 Å². The van der Waals surface area contributed by atoms with Gasteiger partial charge in [0, 0.05) is 13.8 Å². The van der Waals surface area contributed by atoms with E-state index < -0.39 is 72.4 Å². The molecule has 18 heteroatoms. The minimum Gasteiger partial charge on any atom is -0.547 e. The summed E-state index contributed by atoms with van der Waals surface area (Å²) in [5.41, 5.74) is 0. The van der Waals surface area contributed by atoms with Crippen LogP contribution in [0.3, 0.4) is 0 Å². The highest BCUT2D eigenvalue weighted by molar-refractivity contribution is 5.73. The number of carboxylic acids is 4. The highest BCUT2D eigenvalue weighted by Gasteiger charge is 2.31. The van der Waals surface area contributed by atoms with Gasteiger partial charge in [-0.15, -0.1) is 0 Å². The Morgan fingerprint density at radius 1 is 0.595 bits per heavy atom. The van der Waals surface area contributed by atoms with Gasteiger partial charge in [-0.3, -0.25) is 19.2 Å². The Morgan fingerprint density at radius 2 is 0.833 bits per heavy atom. The van der Waals surface area contributed by atoms with Gasteiger partial charge in [-0.05, 0) is 0 Å². The van der Waals surface area contributed by atoms with Crippen molar-refractivity contribution in [3.8, 4) is 0 Å². The first-order valence-electron chi connectivity index (χ1n) is 12.2. The topological polar surface area (TPSA) is 288 Å². The standard InChI is InChI=1S/2C9H17NO4.C6H10O8/c2*1-7(11)14-8(5-9(12)13)6-10(2,3)4;7-1(3(9)5(11)12)2(8)4(10)6(13)14/h2*8H,5-6H2,1-4H3;1-4,7-10H,(H,11,12)(H,13,14)/t2*8-;/m11./s1. The highest BCUT2D eigenvalue weighted by Crippen LogP contribution is 2.06. The maximum atomic E-state index is 10.7. The minimum absolute atomic E-state index is 0.144. The Kier molecular flexibility index (Phi) is 20.1. The second kappa shape index (κ2) is 19.7. The molecule has 0 radical (unpaired) electrons. The number of carbonyl (C=O) groups excluding carboxylic acids is 4. The number of ether oxygens (including phenoxy) is 2. The number of hydrogen-bond donors (Lipinski definition) is 6. The number of aliphatic hydroxyl groups is 4. The van der Waals surface area contributed by atoms with Gasteiger partial charge in [0.15, 0.2) is 12.2 Å². The summed E-state index contributed by atoms with van der Waals surface area (Å²) in [6.45, 7) is 3.55. The highest BCUT2D eigenvalue weighted by atomic mass is 16.5. The lowest BCUT2D eigenvalue weighted by Gasteiger charge is -2.28. The summed E-state index contributed by atoms with van der Waals surface area (Å²) >= 11 is 0. The van der Waals surface area contributed by atoms with Gasteiger partial charge in [-0.2, -0.15) is 0 Å². The molecule has 6 N–H and O–H groups in total. The fraction of sp³-hybridized carbons (Fsp3) is 0.750. The zero-order chi connectivity index (χ0) is 34.2. The van der Waals surface area contributed by atoms with Crippen LogP contribution in [0, 0.1) is 0 Å². The van der Waals surface area contributed by atoms with Gasteiger partial charge < -0.3 is 68.9 Å². The third kappa shape index (κ3) is 25.5. The average molecular weight is 617 g/mol. The van der Waals surface area contributed by atoms with E-state index in [-0.39, 0.29) is 12.8 Å². The molecule has 18 nitrogen and oxygen atoms in total. The zero-order valence-electron chi connectivity index (χ0n) is 25.0. The Bertz CT molecular complexity index is 792. The molecule has 0 rings (SSSR count). The van der Waals surface area contributed by atoms with E-state index in [1.54, 1.807) is 0 Å². The number of carbonyl (C=O) groups is 6. The molecule has 42 heavy (non-hydrogen) atoms. The molecule has 0 saturated heterocycles. The van der Waals surface area contributed by atoms with E-state index in [2.05, 4.69) is 0 Å². The predicted octanol–water partition coefficient (Wildman–Crippen LogP) is -5.87. The van der Waals surface area contributed by atoms with Gasteiger partial charge in [-0.1, -0.05) is 0 Å². The van der Waals surface area contributed by atoms with Gasteiger partial charge in [0.1, 0.15) is 37.5 Å². The maximum absolute atomic E-state index is 10.7. The molecule has 0 aliphatic carbocycles. The monoisotopic (exact) mass is 616 g/mol. The van der Waals surface area contributed by atoms with E-state index in [0.717, 1.165) is 0 Å². The maximum Gasteiger partial charge on any atom is 0.307 e. The van der Waals surface area contributed by atoms with E-state index >= 15 is 0 Å². The lowest BCUT2D eigenvalue weighted by Crippen LogP contribution is -2.55. The van der Waals surface area contributed by atoms with Crippen LogP contribution < -0.4 is 10.2 Å². The first kappa shape index (κ1) is 43.0. The van der Waals surface area contributed by atoms with Crippen LogP contribution in [-0.4, -0.2) is 167 Å². The molecule has 0 bridgehead atoms. The van der Waals surface area contributed by atoms with Crippen LogP contribution >= 0.6 is 0 Å². The van der Waals surface area contributed by atoms with Crippen molar-refractivity contribution < 1.29 is 88.1 Å². The SMILES string of the molecule is CC(=O)O[C@H](CC(=O)O)C[N+](C)(C)C.CC(=O)O[C@H](CC(=O)O)C[N+](C)(C)C.O=C([O-])C(O)C(O)C(O)C(O)C(=O)[O-]. The molecule has 0 heterocycles. The number of hydrogen-bond acceptors (Lipinski definition) is 14. The summed E-state index contributed by atoms with van der Waals surface area (Å²) in [5, 5.41) is 71.9. The summed E-state index contributed by atoms with van der Waals surface area (Å²) in [5.74, 6) is -7.01. The fourth-order valence-corrected chi connectivity index (χ4v) is 3.02. The third-order valence-corrected chi connectivity index (χ3v) is 4.45. The third-order valence-electron chi connectivity index (χ3n) is 4.45. The Labute approximate surface area is 243 Å². The molecule has 0 aromatic heterocycles. The number of esters is 2. The van der Waals surface area contributed by atoms with Gasteiger partial charge >= 0.3 is 23.9 Å².